The molecule has 0 amide bonds. The molecule has 3 atom stereocenters. The zero-order chi connectivity index (χ0) is 22.4. The molecule has 1 heterocycles. The van der Waals surface area contributed by atoms with E-state index in [-0.39, 0.29) is 11.8 Å². The van der Waals surface area contributed by atoms with Crippen LogP contribution in [-0.2, 0) is 52.1 Å². The van der Waals surface area contributed by atoms with Gasteiger partial charge in [-0.1, -0.05) is 0 Å². The van der Waals surface area contributed by atoms with Gasteiger partial charge in [-0.05, 0) is 0 Å². The van der Waals surface area contributed by atoms with Crippen LogP contribution in [0.4, 0.5) is 0 Å². The molecule has 1 aromatic heterocycles. The molecule has 0 spiro atoms. The van der Waals surface area contributed by atoms with E-state index in [1.807, 2.05) is 19.1 Å². The Morgan fingerprint density at radius 1 is 1.11 bits per heavy atom. The van der Waals surface area contributed by atoms with Gasteiger partial charge in [-0.15, -0.1) is 0 Å². The zero-order valence-electron chi connectivity index (χ0n) is 14.6. The second-order valence-electron chi connectivity index (χ2n) is 4.56. The predicted octanol–water partition coefficient (Wildman–Crippen LogP) is 2.11. The standard InChI is InChI=1S/C13H16O3.5CO.W/c1-9-6-10(8-15-2)11(7-12(9)14)13-4-3-5-16-13;5*1-2;/h3-5,9-11H,6-7H2,1-2H3;;;;;;/t9-,10-,11+;;;;;;/m0....../s1. The second-order valence-corrected chi connectivity index (χ2v) is 6.00. The van der Waals surface area contributed by atoms with E-state index < -0.39 is 0 Å². The van der Waals surface area contributed by atoms with Crippen molar-refractivity contribution in [1.29, 1.82) is 0 Å². The molecule has 1 aliphatic carbocycles. The second kappa shape index (κ2) is 24.2. The molecule has 1 fully saturated rings. The van der Waals surface area contributed by atoms with E-state index in [4.69, 9.17) is 32.4 Å². The number of rotatable bonds is 3. The van der Waals surface area contributed by atoms with Crippen molar-refractivity contribution in [3.63, 3.8) is 0 Å². The number of furan rings is 1. The third kappa shape index (κ3) is 12.2. The summed E-state index contributed by atoms with van der Waals surface area (Å²) in [7, 11) is 1.71. The molecule has 8 nitrogen and oxygen atoms in total. The summed E-state index contributed by atoms with van der Waals surface area (Å²) in [5, 5.41) is 0. The molecule has 1 saturated carbocycles. The fraction of sp³-hybridized carbons (Fsp3) is 0.389. The number of hydrogen-bond donors (Lipinski definition) is 0. The number of hydrogen-bond acceptors (Lipinski definition) is 3. The van der Waals surface area contributed by atoms with E-state index in [2.05, 4.69) is 33.3 Å². The SMILES string of the molecule is CO[C](=[W])[C@@H]1C[C@H](C)C(=O)C[C@H]1c1ccco1.[C-]#[O+].[C-]#[O+].[C-]#[O+].[C-]#[O+].[C-]#[O+]. The summed E-state index contributed by atoms with van der Waals surface area (Å²) < 4.78 is 49.4. The Bertz CT molecular complexity index is 575. The molecule has 1 aromatic rings. The molecule has 0 N–H and O–H groups in total. The van der Waals surface area contributed by atoms with Crippen LogP contribution in [0.3, 0.4) is 0 Å². The van der Waals surface area contributed by atoms with Crippen LogP contribution >= 0.6 is 0 Å². The van der Waals surface area contributed by atoms with E-state index in [1.165, 1.54) is 19.4 Å². The topological polar surface area (TPSA) is 139 Å². The molecule has 9 heteroatoms. The first-order valence-corrected chi connectivity index (χ1v) is 8.26. The Balaban J connectivity index is -0.000000230. The van der Waals surface area contributed by atoms with Gasteiger partial charge >= 0.3 is 168 Å². The predicted molar refractivity (Wildman–Crippen MR) is 80.0 cm³/mol. The van der Waals surface area contributed by atoms with Gasteiger partial charge in [0.05, 0.1) is 0 Å². The summed E-state index contributed by atoms with van der Waals surface area (Å²) in [4.78, 5) is 11.9. The molecule has 0 bridgehead atoms. The summed E-state index contributed by atoms with van der Waals surface area (Å²) >= 11 is 1.34. The third-order valence-electron chi connectivity index (χ3n) is 3.48. The molecule has 0 radical (unpaired) electrons. The molecule has 0 aromatic carbocycles. The zero-order valence-corrected chi connectivity index (χ0v) is 17.5. The number of ketones is 1. The Morgan fingerprint density at radius 2 is 1.59 bits per heavy atom. The third-order valence-corrected chi connectivity index (χ3v) is 5.16. The Labute approximate surface area is 168 Å². The van der Waals surface area contributed by atoms with Gasteiger partial charge in [0.1, 0.15) is 0 Å². The van der Waals surface area contributed by atoms with Crippen LogP contribution in [0.2, 0.25) is 0 Å². The monoisotopic (exact) mass is 544 g/mol. The minimum atomic E-state index is 0.135. The molecule has 1 aliphatic rings. The van der Waals surface area contributed by atoms with E-state index in [1.54, 1.807) is 13.4 Å². The molecule has 0 aliphatic heterocycles. The Morgan fingerprint density at radius 3 is 1.96 bits per heavy atom. The van der Waals surface area contributed by atoms with Crippen molar-refractivity contribution in [2.45, 2.75) is 25.7 Å². The van der Waals surface area contributed by atoms with Gasteiger partial charge in [0.25, 0.3) is 0 Å². The first-order chi connectivity index (χ1) is 13.1. The van der Waals surface area contributed by atoms with Crippen LogP contribution in [0.15, 0.2) is 22.8 Å². The molecule has 2 rings (SSSR count). The number of ether oxygens (including phenoxy) is 1. The van der Waals surface area contributed by atoms with Gasteiger partial charge in [-0.3, -0.25) is 0 Å². The van der Waals surface area contributed by atoms with Crippen molar-refractivity contribution in [2.75, 3.05) is 7.11 Å². The van der Waals surface area contributed by atoms with Crippen molar-refractivity contribution in [3.8, 4) is 0 Å². The summed E-state index contributed by atoms with van der Waals surface area (Å²) in [6.45, 7) is 24.5. The van der Waals surface area contributed by atoms with Crippen molar-refractivity contribution in [2.24, 2.45) is 11.8 Å². The maximum absolute atomic E-state index is 11.9. The van der Waals surface area contributed by atoms with Crippen LogP contribution in [0, 0.1) is 45.1 Å². The van der Waals surface area contributed by atoms with Crippen molar-refractivity contribution < 1.29 is 56.6 Å². The number of carbonyl (C=O) groups excluding carboxylic acids is 1. The average Bonchev–Trinajstić information content (AvgIpc) is 3.31. The van der Waals surface area contributed by atoms with Crippen molar-refractivity contribution >= 4 is 9.87 Å². The Hall–Kier alpha value is -1.83. The van der Waals surface area contributed by atoms with E-state index >= 15 is 0 Å². The normalized spacial score (nSPS) is 18.8. The van der Waals surface area contributed by atoms with Crippen LogP contribution in [-0.4, -0.2) is 17.0 Å². The van der Waals surface area contributed by atoms with Gasteiger partial charge in [0.15, 0.2) is 0 Å². The maximum atomic E-state index is 11.9. The first-order valence-electron chi connectivity index (χ1n) is 6.79. The van der Waals surface area contributed by atoms with Gasteiger partial charge in [-0.25, -0.2) is 0 Å². The quantitative estimate of drug-likeness (QED) is 0.426. The van der Waals surface area contributed by atoms with E-state index in [0.717, 1.165) is 16.3 Å². The van der Waals surface area contributed by atoms with Gasteiger partial charge in [0, 0.05) is 0 Å². The summed E-state index contributed by atoms with van der Waals surface area (Å²) in [5.41, 5.74) is 0. The fourth-order valence-corrected chi connectivity index (χ4v) is 3.39. The van der Waals surface area contributed by atoms with Gasteiger partial charge < -0.3 is 0 Å². The Kier molecular flexibility index (Phi) is 29.4. The van der Waals surface area contributed by atoms with Crippen LogP contribution < -0.4 is 0 Å². The molecule has 0 unspecified atom stereocenters. The summed E-state index contributed by atoms with van der Waals surface area (Å²) in [6.07, 6.45) is 3.11. The van der Waals surface area contributed by atoms with Crippen molar-refractivity contribution in [3.05, 3.63) is 57.4 Å². The summed E-state index contributed by atoms with van der Waals surface area (Å²) in [5.74, 6) is 1.85. The fourth-order valence-electron chi connectivity index (χ4n) is 2.45. The van der Waals surface area contributed by atoms with Gasteiger partial charge in [-0.2, -0.15) is 0 Å². The molecular weight excluding hydrogens is 528 g/mol. The van der Waals surface area contributed by atoms with E-state index in [9.17, 15) is 4.79 Å². The number of Topliss-reactive ketones (excluding diaryl/α,β-unsaturated/α-hetero) is 1. The van der Waals surface area contributed by atoms with Crippen LogP contribution in [0.5, 0.6) is 0 Å². The molecule has 0 saturated heterocycles. The summed E-state index contributed by atoms with van der Waals surface area (Å²) in [6, 6.07) is 3.84. The first kappa shape index (κ1) is 32.8. The van der Waals surface area contributed by atoms with E-state index in [0.29, 0.717) is 18.1 Å². The number of carbonyl (C=O) groups is 1. The number of methoxy groups -OCH3 is 1. The van der Waals surface area contributed by atoms with Crippen LogP contribution in [0.25, 0.3) is 0 Å². The molecule has 142 valence electrons. The van der Waals surface area contributed by atoms with Crippen molar-refractivity contribution in [1.82, 2.24) is 0 Å². The van der Waals surface area contributed by atoms with Crippen LogP contribution in [0.1, 0.15) is 31.4 Å². The minimum absolute atomic E-state index is 0.135. The molecule has 27 heavy (non-hydrogen) atoms. The molecular formula is C18H16O8W. The van der Waals surface area contributed by atoms with Gasteiger partial charge in [0.2, 0.25) is 0 Å². The average molecular weight is 544 g/mol.